The van der Waals surface area contributed by atoms with E-state index in [0.717, 1.165) is 53.9 Å². The molecule has 0 aromatic heterocycles. The number of aryl methyl sites for hydroxylation is 2. The average molecular weight is 410 g/mol. The van der Waals surface area contributed by atoms with Gasteiger partial charge >= 0.3 is 6.18 Å². The van der Waals surface area contributed by atoms with Crippen LogP contribution >= 0.6 is 0 Å². The van der Waals surface area contributed by atoms with Crippen LogP contribution in [0.5, 0.6) is 0 Å². The van der Waals surface area contributed by atoms with Crippen LogP contribution in [-0.2, 0) is 33.8 Å². The summed E-state index contributed by atoms with van der Waals surface area (Å²) in [5.41, 5.74) is 2.13. The van der Waals surface area contributed by atoms with Crippen LogP contribution in [0.1, 0.15) is 29.5 Å². The third-order valence-corrected chi connectivity index (χ3v) is 6.42. The van der Waals surface area contributed by atoms with Crippen molar-refractivity contribution in [3.05, 3.63) is 53.1 Å². The lowest BCUT2D eigenvalue weighted by molar-refractivity contribution is -0.137. The molecule has 5 nitrogen and oxygen atoms in total. The van der Waals surface area contributed by atoms with Gasteiger partial charge < -0.3 is 4.90 Å². The average Bonchev–Trinajstić information content (AvgIpc) is 2.64. The van der Waals surface area contributed by atoms with Crippen molar-refractivity contribution in [2.24, 2.45) is 0 Å². The number of hydrogen-bond donors (Lipinski definition) is 1. The molecule has 0 saturated heterocycles. The number of carbonyl (C=O) groups excluding carboxylic acids is 1. The van der Waals surface area contributed by atoms with Crippen molar-refractivity contribution in [1.82, 2.24) is 0 Å². The second-order valence-electron chi connectivity index (χ2n) is 6.92. The van der Waals surface area contributed by atoms with E-state index >= 15 is 0 Å². The first-order chi connectivity index (χ1) is 13.1. The summed E-state index contributed by atoms with van der Waals surface area (Å²) in [5.74, 6) is 0.0755. The number of amides is 1. The summed E-state index contributed by atoms with van der Waals surface area (Å²) in [5, 5.41) is 0. The Morgan fingerprint density at radius 1 is 0.964 bits per heavy atom. The molecular formula is C19H17F3N2O3S. The maximum absolute atomic E-state index is 12.7. The Bertz CT molecular complexity index is 1030. The van der Waals surface area contributed by atoms with Gasteiger partial charge in [0.2, 0.25) is 5.91 Å². The second-order valence-corrected chi connectivity index (χ2v) is 8.60. The molecule has 0 aliphatic carbocycles. The van der Waals surface area contributed by atoms with Crippen molar-refractivity contribution in [3.63, 3.8) is 0 Å². The van der Waals surface area contributed by atoms with E-state index < -0.39 is 21.8 Å². The fourth-order valence-corrected chi connectivity index (χ4v) is 4.79. The first-order valence-electron chi connectivity index (χ1n) is 8.81. The lowest BCUT2D eigenvalue weighted by atomic mass is 9.91. The molecule has 9 heteroatoms. The molecule has 0 fully saturated rings. The van der Waals surface area contributed by atoms with Crippen LogP contribution in [0, 0.1) is 0 Å². The number of nitrogens with zero attached hydrogens (tertiary/aromatic N) is 1. The minimum absolute atomic E-state index is 0.0755. The monoisotopic (exact) mass is 410 g/mol. The van der Waals surface area contributed by atoms with E-state index in [1.807, 2.05) is 0 Å². The van der Waals surface area contributed by atoms with Gasteiger partial charge in [-0.15, -0.1) is 0 Å². The summed E-state index contributed by atoms with van der Waals surface area (Å²) in [6.07, 6.45) is -2.08. The van der Waals surface area contributed by atoms with Crippen molar-refractivity contribution in [2.45, 2.75) is 36.8 Å². The van der Waals surface area contributed by atoms with Gasteiger partial charge in [-0.05, 0) is 66.8 Å². The molecule has 0 unspecified atom stereocenters. The minimum atomic E-state index is -4.53. The van der Waals surface area contributed by atoms with Gasteiger partial charge in [-0.2, -0.15) is 13.2 Å². The van der Waals surface area contributed by atoms with Crippen LogP contribution in [0.3, 0.4) is 0 Å². The van der Waals surface area contributed by atoms with Crippen molar-refractivity contribution in [1.29, 1.82) is 0 Å². The highest BCUT2D eigenvalue weighted by Gasteiger charge is 2.32. The Hall–Kier alpha value is -2.55. The Labute approximate surface area is 160 Å². The maximum Gasteiger partial charge on any atom is 0.416 e. The van der Waals surface area contributed by atoms with Crippen LogP contribution in [0.25, 0.3) is 0 Å². The van der Waals surface area contributed by atoms with Crippen molar-refractivity contribution in [3.8, 4) is 0 Å². The van der Waals surface area contributed by atoms with E-state index in [1.54, 1.807) is 17.0 Å². The number of carbonyl (C=O) groups is 1. The molecule has 2 aliphatic rings. The molecule has 0 saturated carbocycles. The molecular weight excluding hydrogens is 393 g/mol. The molecule has 0 atom stereocenters. The molecule has 2 aromatic carbocycles. The first kappa shape index (κ1) is 18.8. The molecule has 1 N–H and O–H groups in total. The molecule has 0 radical (unpaired) electrons. The van der Waals surface area contributed by atoms with Crippen LogP contribution in [0.2, 0.25) is 0 Å². The van der Waals surface area contributed by atoms with Crippen LogP contribution < -0.4 is 9.62 Å². The fraction of sp³-hybridized carbons (Fsp3) is 0.316. The summed E-state index contributed by atoms with van der Waals surface area (Å²) in [4.78, 5) is 13.6. The Morgan fingerprint density at radius 3 is 2.25 bits per heavy atom. The largest absolute Gasteiger partial charge is 0.416 e. The summed E-state index contributed by atoms with van der Waals surface area (Å²) >= 11 is 0. The smallest absolute Gasteiger partial charge is 0.312 e. The summed E-state index contributed by atoms with van der Waals surface area (Å²) in [7, 11) is -4.03. The number of anilines is 2. The number of benzene rings is 2. The third kappa shape index (κ3) is 3.34. The Balaban J connectivity index is 1.65. The SMILES string of the molecule is O=C1CCc2cc(NS(=O)(=O)c3ccc(C(F)(F)F)cc3)cc3c2N1CCC3. The molecule has 2 heterocycles. The van der Waals surface area contributed by atoms with E-state index in [1.165, 1.54) is 0 Å². The highest BCUT2D eigenvalue weighted by Crippen LogP contribution is 2.38. The lowest BCUT2D eigenvalue weighted by Gasteiger charge is -2.35. The molecule has 0 spiro atoms. The number of nitrogens with one attached hydrogen (secondary N) is 1. The predicted molar refractivity (Wildman–Crippen MR) is 97.7 cm³/mol. The molecule has 2 aromatic rings. The molecule has 28 heavy (non-hydrogen) atoms. The van der Waals surface area contributed by atoms with E-state index in [9.17, 15) is 26.4 Å². The number of alkyl halides is 3. The fourth-order valence-electron chi connectivity index (χ4n) is 3.75. The highest BCUT2D eigenvalue weighted by molar-refractivity contribution is 7.92. The molecule has 148 valence electrons. The van der Waals surface area contributed by atoms with Crippen LogP contribution in [0.15, 0.2) is 41.3 Å². The van der Waals surface area contributed by atoms with Gasteiger partial charge in [0.05, 0.1) is 16.1 Å². The first-order valence-corrected chi connectivity index (χ1v) is 10.3. The van der Waals surface area contributed by atoms with Gasteiger partial charge in [-0.1, -0.05) is 0 Å². The summed E-state index contributed by atoms with van der Waals surface area (Å²) in [6, 6.07) is 6.77. The molecule has 1 amide bonds. The Morgan fingerprint density at radius 2 is 1.61 bits per heavy atom. The van der Waals surface area contributed by atoms with Crippen LogP contribution in [-0.4, -0.2) is 20.9 Å². The third-order valence-electron chi connectivity index (χ3n) is 5.02. The number of rotatable bonds is 3. The van der Waals surface area contributed by atoms with E-state index in [0.29, 0.717) is 25.1 Å². The van der Waals surface area contributed by atoms with Gasteiger partial charge in [0.15, 0.2) is 0 Å². The minimum Gasteiger partial charge on any atom is -0.312 e. The second kappa shape index (κ2) is 6.51. The zero-order chi connectivity index (χ0) is 20.1. The Kier molecular flexibility index (Phi) is 4.37. The van der Waals surface area contributed by atoms with E-state index in [-0.39, 0.29) is 10.8 Å². The van der Waals surface area contributed by atoms with Crippen molar-refractivity contribution < 1.29 is 26.4 Å². The lowest BCUT2D eigenvalue weighted by Crippen LogP contribution is -2.39. The van der Waals surface area contributed by atoms with Gasteiger partial charge in [-0.3, -0.25) is 9.52 Å². The van der Waals surface area contributed by atoms with Gasteiger partial charge in [0.1, 0.15) is 0 Å². The van der Waals surface area contributed by atoms with E-state index in [2.05, 4.69) is 4.72 Å². The molecule has 4 rings (SSSR count). The summed E-state index contributed by atoms with van der Waals surface area (Å²) in [6.45, 7) is 0.662. The van der Waals surface area contributed by atoms with Gasteiger partial charge in [0.25, 0.3) is 10.0 Å². The highest BCUT2D eigenvalue weighted by atomic mass is 32.2. The topological polar surface area (TPSA) is 66.5 Å². The van der Waals surface area contributed by atoms with E-state index in [4.69, 9.17) is 0 Å². The number of hydrogen-bond acceptors (Lipinski definition) is 3. The summed E-state index contributed by atoms with van der Waals surface area (Å²) < 4.78 is 65.7. The molecule has 2 aliphatic heterocycles. The zero-order valence-electron chi connectivity index (χ0n) is 14.7. The number of sulfonamides is 1. The maximum atomic E-state index is 12.7. The standard InChI is InChI=1S/C19H17F3N2O3S/c20-19(21,22)14-4-6-16(7-5-14)28(26,27)23-15-10-12-2-1-9-24-17(25)8-3-13(11-15)18(12)24/h4-7,10-11,23H,1-3,8-9H2. The van der Waals surface area contributed by atoms with Crippen molar-refractivity contribution in [2.75, 3.05) is 16.2 Å². The quantitative estimate of drug-likeness (QED) is 0.839. The molecule has 0 bridgehead atoms. The van der Waals surface area contributed by atoms with Gasteiger partial charge in [0, 0.05) is 18.7 Å². The van der Waals surface area contributed by atoms with Gasteiger partial charge in [-0.25, -0.2) is 8.42 Å². The normalized spacial score (nSPS) is 16.7. The number of halogens is 3. The van der Waals surface area contributed by atoms with Crippen LogP contribution in [0.4, 0.5) is 24.5 Å². The zero-order valence-corrected chi connectivity index (χ0v) is 15.5. The van der Waals surface area contributed by atoms with Crippen molar-refractivity contribution >= 4 is 27.3 Å². The predicted octanol–water partition coefficient (Wildman–Crippen LogP) is 3.73.